The molecule has 70 valence electrons. The highest BCUT2D eigenvalue weighted by atomic mass is 16.5. The Bertz CT molecular complexity index is 153. The molecule has 0 aromatic rings. The lowest BCUT2D eigenvalue weighted by Crippen LogP contribution is -2.53. The number of piperazine rings is 1. The third-order valence-electron chi connectivity index (χ3n) is 1.68. The fourth-order valence-electron chi connectivity index (χ4n) is 1.13. The van der Waals surface area contributed by atoms with E-state index in [-0.39, 0.29) is 18.1 Å². The summed E-state index contributed by atoms with van der Waals surface area (Å²) in [6, 6.07) is -0.166. The minimum absolute atomic E-state index is 0.0266. The Morgan fingerprint density at radius 2 is 2.25 bits per heavy atom. The molecule has 2 N–H and O–H groups in total. The van der Waals surface area contributed by atoms with E-state index >= 15 is 0 Å². The van der Waals surface area contributed by atoms with Crippen molar-refractivity contribution in [3.63, 3.8) is 0 Å². The molecule has 0 aliphatic carbocycles. The molecule has 4 heteroatoms. The van der Waals surface area contributed by atoms with Crippen molar-refractivity contribution in [1.82, 2.24) is 10.6 Å². The number of ether oxygens (including phenoxy) is 1. The number of hydrogen-bond donors (Lipinski definition) is 2. The molecule has 0 aromatic carbocycles. The van der Waals surface area contributed by atoms with Crippen molar-refractivity contribution in [3.8, 4) is 0 Å². The maximum absolute atomic E-state index is 11.3. The number of carbonyl (C=O) groups is 1. The molecule has 1 aliphatic rings. The average Bonchev–Trinajstić information content (AvgIpc) is 2.05. The van der Waals surface area contributed by atoms with Crippen LogP contribution in [-0.2, 0) is 9.53 Å². The van der Waals surface area contributed by atoms with Gasteiger partial charge in [-0.2, -0.15) is 0 Å². The zero-order valence-electron chi connectivity index (χ0n) is 7.59. The van der Waals surface area contributed by atoms with Crippen LogP contribution in [0.4, 0.5) is 0 Å². The van der Waals surface area contributed by atoms with Gasteiger partial charge in [-0.3, -0.25) is 4.79 Å². The van der Waals surface area contributed by atoms with Gasteiger partial charge in [-0.25, -0.2) is 0 Å². The Labute approximate surface area is 72.7 Å². The van der Waals surface area contributed by atoms with Gasteiger partial charge in [0, 0.05) is 19.6 Å². The number of esters is 1. The highest BCUT2D eigenvalue weighted by Crippen LogP contribution is 1.95. The first-order valence-electron chi connectivity index (χ1n) is 4.34. The van der Waals surface area contributed by atoms with Crippen LogP contribution in [0.2, 0.25) is 0 Å². The summed E-state index contributed by atoms with van der Waals surface area (Å²) in [7, 11) is 0. The number of rotatable bonds is 2. The SMILES string of the molecule is CC(C)OC(=O)C1CNCCN1. The zero-order valence-corrected chi connectivity index (χ0v) is 7.59. The molecule has 1 rings (SSSR count). The molecule has 1 saturated heterocycles. The summed E-state index contributed by atoms with van der Waals surface area (Å²) in [4.78, 5) is 11.3. The van der Waals surface area contributed by atoms with Crippen LogP contribution in [0.15, 0.2) is 0 Å². The summed E-state index contributed by atoms with van der Waals surface area (Å²) in [5, 5.41) is 6.21. The quantitative estimate of drug-likeness (QED) is 0.551. The lowest BCUT2D eigenvalue weighted by Gasteiger charge is -2.23. The molecule has 0 bridgehead atoms. The van der Waals surface area contributed by atoms with E-state index in [1.807, 2.05) is 13.8 Å². The minimum Gasteiger partial charge on any atom is -0.462 e. The molecular weight excluding hydrogens is 156 g/mol. The summed E-state index contributed by atoms with van der Waals surface area (Å²) >= 11 is 0. The van der Waals surface area contributed by atoms with Crippen molar-refractivity contribution in [2.24, 2.45) is 0 Å². The van der Waals surface area contributed by atoms with Crippen molar-refractivity contribution < 1.29 is 9.53 Å². The van der Waals surface area contributed by atoms with Crippen LogP contribution in [0.5, 0.6) is 0 Å². The Morgan fingerprint density at radius 1 is 1.50 bits per heavy atom. The smallest absolute Gasteiger partial charge is 0.324 e. The van der Waals surface area contributed by atoms with Gasteiger partial charge in [0.1, 0.15) is 6.04 Å². The molecule has 1 atom stereocenters. The molecule has 1 aliphatic heterocycles. The van der Waals surface area contributed by atoms with Crippen LogP contribution in [0.1, 0.15) is 13.8 Å². The van der Waals surface area contributed by atoms with Crippen LogP contribution in [-0.4, -0.2) is 37.7 Å². The maximum Gasteiger partial charge on any atom is 0.324 e. The van der Waals surface area contributed by atoms with E-state index in [0.29, 0.717) is 6.54 Å². The molecule has 0 aromatic heterocycles. The molecule has 1 heterocycles. The Balaban J connectivity index is 2.30. The standard InChI is InChI=1S/C8H16N2O2/c1-6(2)12-8(11)7-5-9-3-4-10-7/h6-7,9-10H,3-5H2,1-2H3. The number of nitrogens with one attached hydrogen (secondary N) is 2. The summed E-state index contributed by atoms with van der Waals surface area (Å²) in [6.45, 7) is 6.14. The van der Waals surface area contributed by atoms with E-state index in [0.717, 1.165) is 13.1 Å². The Kier molecular flexibility index (Phi) is 3.49. The monoisotopic (exact) mass is 172 g/mol. The average molecular weight is 172 g/mol. The molecule has 0 saturated carbocycles. The van der Waals surface area contributed by atoms with Crippen molar-refractivity contribution in [3.05, 3.63) is 0 Å². The lowest BCUT2D eigenvalue weighted by molar-refractivity contribution is -0.150. The summed E-state index contributed by atoms with van der Waals surface area (Å²) in [5.41, 5.74) is 0. The van der Waals surface area contributed by atoms with Gasteiger partial charge in [0.25, 0.3) is 0 Å². The van der Waals surface area contributed by atoms with Crippen molar-refractivity contribution >= 4 is 5.97 Å². The van der Waals surface area contributed by atoms with Crippen LogP contribution in [0.25, 0.3) is 0 Å². The van der Waals surface area contributed by atoms with Gasteiger partial charge in [-0.15, -0.1) is 0 Å². The second-order valence-electron chi connectivity index (χ2n) is 3.20. The first kappa shape index (κ1) is 9.48. The van der Waals surface area contributed by atoms with Crippen LogP contribution in [0.3, 0.4) is 0 Å². The highest BCUT2D eigenvalue weighted by Gasteiger charge is 2.21. The molecule has 4 nitrogen and oxygen atoms in total. The van der Waals surface area contributed by atoms with E-state index in [4.69, 9.17) is 4.74 Å². The van der Waals surface area contributed by atoms with Gasteiger partial charge in [0.05, 0.1) is 6.10 Å². The summed E-state index contributed by atoms with van der Waals surface area (Å²) in [5.74, 6) is -0.155. The number of hydrogen-bond acceptors (Lipinski definition) is 4. The maximum atomic E-state index is 11.3. The van der Waals surface area contributed by atoms with E-state index in [1.165, 1.54) is 0 Å². The fourth-order valence-corrected chi connectivity index (χ4v) is 1.13. The molecular formula is C8H16N2O2. The van der Waals surface area contributed by atoms with Crippen molar-refractivity contribution in [2.45, 2.75) is 26.0 Å². The van der Waals surface area contributed by atoms with E-state index in [2.05, 4.69) is 10.6 Å². The fraction of sp³-hybridized carbons (Fsp3) is 0.875. The number of carbonyl (C=O) groups excluding carboxylic acids is 1. The highest BCUT2D eigenvalue weighted by molar-refractivity contribution is 5.76. The Hall–Kier alpha value is -0.610. The Morgan fingerprint density at radius 3 is 2.75 bits per heavy atom. The van der Waals surface area contributed by atoms with Gasteiger partial charge in [0.15, 0.2) is 0 Å². The summed E-state index contributed by atoms with van der Waals surface area (Å²) in [6.07, 6.45) is -0.0266. The van der Waals surface area contributed by atoms with E-state index in [9.17, 15) is 4.79 Å². The normalized spacial score (nSPS) is 24.1. The molecule has 0 radical (unpaired) electrons. The van der Waals surface area contributed by atoms with Gasteiger partial charge in [-0.1, -0.05) is 0 Å². The molecule has 0 amide bonds. The zero-order chi connectivity index (χ0) is 8.97. The lowest BCUT2D eigenvalue weighted by atomic mass is 10.2. The van der Waals surface area contributed by atoms with Crippen molar-refractivity contribution in [2.75, 3.05) is 19.6 Å². The van der Waals surface area contributed by atoms with Gasteiger partial charge >= 0.3 is 5.97 Å². The van der Waals surface area contributed by atoms with Gasteiger partial charge < -0.3 is 15.4 Å². The molecule has 0 spiro atoms. The van der Waals surface area contributed by atoms with Crippen LogP contribution in [0, 0.1) is 0 Å². The third kappa shape index (κ3) is 2.79. The van der Waals surface area contributed by atoms with E-state index < -0.39 is 0 Å². The molecule has 1 unspecified atom stereocenters. The second kappa shape index (κ2) is 4.42. The first-order chi connectivity index (χ1) is 5.70. The van der Waals surface area contributed by atoms with Gasteiger partial charge in [0.2, 0.25) is 0 Å². The van der Waals surface area contributed by atoms with Crippen molar-refractivity contribution in [1.29, 1.82) is 0 Å². The predicted octanol–water partition coefficient (Wildman–Crippen LogP) is -0.501. The summed E-state index contributed by atoms with van der Waals surface area (Å²) < 4.78 is 5.05. The molecule has 1 fully saturated rings. The minimum atomic E-state index is -0.166. The van der Waals surface area contributed by atoms with Crippen LogP contribution < -0.4 is 10.6 Å². The second-order valence-corrected chi connectivity index (χ2v) is 3.20. The predicted molar refractivity (Wildman–Crippen MR) is 45.9 cm³/mol. The molecule has 12 heavy (non-hydrogen) atoms. The largest absolute Gasteiger partial charge is 0.462 e. The third-order valence-corrected chi connectivity index (χ3v) is 1.68. The van der Waals surface area contributed by atoms with Crippen LogP contribution >= 0.6 is 0 Å². The first-order valence-corrected chi connectivity index (χ1v) is 4.34. The van der Waals surface area contributed by atoms with E-state index in [1.54, 1.807) is 0 Å². The topological polar surface area (TPSA) is 50.4 Å². The van der Waals surface area contributed by atoms with Gasteiger partial charge in [-0.05, 0) is 13.8 Å².